The third-order valence-electron chi connectivity index (χ3n) is 8.85. The van der Waals surface area contributed by atoms with Crippen molar-refractivity contribution in [3.05, 3.63) is 71.3 Å². The molecule has 2 aromatic carbocycles. The molecular formula is C33H44N4O. The van der Waals surface area contributed by atoms with Gasteiger partial charge in [-0.3, -0.25) is 10.1 Å². The van der Waals surface area contributed by atoms with Gasteiger partial charge in [-0.15, -0.1) is 0 Å². The number of para-hydroxylation sites is 1. The Labute approximate surface area is 229 Å². The van der Waals surface area contributed by atoms with E-state index in [4.69, 9.17) is 5.10 Å². The molecule has 38 heavy (non-hydrogen) atoms. The third-order valence-corrected chi connectivity index (χ3v) is 8.85. The Hall–Kier alpha value is -2.92. The minimum absolute atomic E-state index is 0.0174. The van der Waals surface area contributed by atoms with Gasteiger partial charge in [-0.05, 0) is 65.5 Å². The van der Waals surface area contributed by atoms with Crippen LogP contribution in [0.2, 0.25) is 0 Å². The van der Waals surface area contributed by atoms with Gasteiger partial charge in [0.15, 0.2) is 5.78 Å². The maximum Gasteiger partial charge on any atom is 0.164 e. The van der Waals surface area contributed by atoms with E-state index in [1.165, 1.54) is 5.57 Å². The molecule has 5 nitrogen and oxygen atoms in total. The minimum atomic E-state index is -0.183. The maximum atomic E-state index is 14.5. The molecule has 5 heteroatoms. The van der Waals surface area contributed by atoms with E-state index in [1.54, 1.807) is 0 Å². The number of rotatable bonds is 3. The number of hydrogen-bond donors (Lipinski definition) is 1. The predicted molar refractivity (Wildman–Crippen MR) is 158 cm³/mol. The van der Waals surface area contributed by atoms with Gasteiger partial charge in [0.05, 0.1) is 17.6 Å². The standard InChI is InChI=1S/C33H44N4O/c1-20-26-27-24(32(2,3)4)19-25(33(5,6)7)30(38)28(27)29(21-15-17-22(18-16-21)36(8)9)34-31(26)37(35-20)23-13-11-10-12-14-23/h10-18,24-26,29,31,34H,19H2,1-9H3/t24-,25+,26+,29-,31+/m1/s1. The zero-order valence-corrected chi connectivity index (χ0v) is 24.5. The fraction of sp³-hybridized carbons (Fsp3) is 0.515. The van der Waals surface area contributed by atoms with Gasteiger partial charge in [-0.2, -0.15) is 5.10 Å². The van der Waals surface area contributed by atoms with Crippen molar-refractivity contribution >= 4 is 22.9 Å². The number of carbonyl (C=O) groups excluding carboxylic acids is 1. The third kappa shape index (κ3) is 4.49. The Morgan fingerprint density at radius 3 is 2.05 bits per heavy atom. The van der Waals surface area contributed by atoms with Crippen LogP contribution in [0.4, 0.5) is 11.4 Å². The number of hydrogen-bond acceptors (Lipinski definition) is 5. The minimum Gasteiger partial charge on any atom is -0.378 e. The molecule has 0 saturated heterocycles. The van der Waals surface area contributed by atoms with Crippen LogP contribution in [-0.2, 0) is 4.79 Å². The number of hydrazone groups is 1. The number of nitrogens with one attached hydrogen (secondary N) is 1. The van der Waals surface area contributed by atoms with Crippen LogP contribution in [0.5, 0.6) is 0 Å². The van der Waals surface area contributed by atoms with Crippen LogP contribution in [0.15, 0.2) is 70.8 Å². The number of ketones is 1. The Kier molecular flexibility index (Phi) is 6.58. The summed E-state index contributed by atoms with van der Waals surface area (Å²) in [5, 5.41) is 11.2. The summed E-state index contributed by atoms with van der Waals surface area (Å²) < 4.78 is 0. The van der Waals surface area contributed by atoms with E-state index in [-0.39, 0.29) is 34.9 Å². The first kappa shape index (κ1) is 26.7. The molecule has 5 rings (SSSR count). The molecule has 0 saturated carbocycles. The highest BCUT2D eigenvalue weighted by Crippen LogP contribution is 2.55. The molecule has 202 valence electrons. The molecule has 0 amide bonds. The van der Waals surface area contributed by atoms with Gasteiger partial charge in [0.25, 0.3) is 0 Å². The molecule has 0 spiro atoms. The summed E-state index contributed by atoms with van der Waals surface area (Å²) in [6.45, 7) is 15.8. The zero-order chi connectivity index (χ0) is 27.6. The first-order valence-electron chi connectivity index (χ1n) is 14.0. The Morgan fingerprint density at radius 2 is 1.50 bits per heavy atom. The lowest BCUT2D eigenvalue weighted by Crippen LogP contribution is -2.56. The van der Waals surface area contributed by atoms with Gasteiger partial charge < -0.3 is 4.90 Å². The largest absolute Gasteiger partial charge is 0.378 e. The highest BCUT2D eigenvalue weighted by molar-refractivity contribution is 6.03. The van der Waals surface area contributed by atoms with Crippen molar-refractivity contribution < 1.29 is 4.79 Å². The number of carbonyl (C=O) groups is 1. The number of benzene rings is 2. The van der Waals surface area contributed by atoms with E-state index in [1.807, 2.05) is 6.07 Å². The Balaban J connectivity index is 1.73. The van der Waals surface area contributed by atoms with Crippen LogP contribution in [0.1, 0.15) is 66.5 Å². The number of Topliss-reactive ketones (excluding diaryl/α,β-unsaturated/α-hetero) is 1. The average molecular weight is 513 g/mol. The fourth-order valence-electron chi connectivity index (χ4n) is 6.75. The van der Waals surface area contributed by atoms with Crippen LogP contribution >= 0.6 is 0 Å². The van der Waals surface area contributed by atoms with Crippen LogP contribution < -0.4 is 15.2 Å². The maximum absolute atomic E-state index is 14.5. The van der Waals surface area contributed by atoms with Gasteiger partial charge in [-0.25, -0.2) is 5.01 Å². The molecule has 1 N–H and O–H groups in total. The van der Waals surface area contributed by atoms with Crippen molar-refractivity contribution in [3.8, 4) is 0 Å². The SMILES string of the molecule is CC1=NN(c2ccccc2)[C@@H]2N[C@H](c3ccc(N(C)C)cc3)C3=C([C@H]12)[C@H](C(C)(C)C)C[C@H](C(C)(C)C)C3=O. The lowest BCUT2D eigenvalue weighted by Gasteiger charge is -2.51. The van der Waals surface area contributed by atoms with Gasteiger partial charge >= 0.3 is 0 Å². The number of anilines is 2. The van der Waals surface area contributed by atoms with E-state index >= 15 is 0 Å². The van der Waals surface area contributed by atoms with Crippen molar-refractivity contribution in [2.75, 3.05) is 24.0 Å². The van der Waals surface area contributed by atoms with E-state index in [0.29, 0.717) is 11.7 Å². The van der Waals surface area contributed by atoms with Gasteiger partial charge in [0, 0.05) is 37.0 Å². The summed E-state index contributed by atoms with van der Waals surface area (Å²) in [5.41, 5.74) is 6.65. The van der Waals surface area contributed by atoms with Crippen molar-refractivity contribution in [3.63, 3.8) is 0 Å². The van der Waals surface area contributed by atoms with Crippen molar-refractivity contribution in [1.82, 2.24) is 5.32 Å². The first-order valence-corrected chi connectivity index (χ1v) is 14.0. The molecule has 0 unspecified atom stereocenters. The zero-order valence-electron chi connectivity index (χ0n) is 24.5. The fourth-order valence-corrected chi connectivity index (χ4v) is 6.75. The molecule has 0 aromatic heterocycles. The van der Waals surface area contributed by atoms with Gasteiger partial charge in [-0.1, -0.05) is 71.9 Å². The highest BCUT2D eigenvalue weighted by Gasteiger charge is 2.55. The summed E-state index contributed by atoms with van der Waals surface area (Å²) >= 11 is 0. The second-order valence-electron chi connectivity index (χ2n) is 13.7. The van der Waals surface area contributed by atoms with E-state index in [0.717, 1.165) is 34.6 Å². The number of fused-ring (bicyclic) bond motifs is 2. The van der Waals surface area contributed by atoms with Crippen molar-refractivity contribution in [1.29, 1.82) is 0 Å². The molecular weight excluding hydrogens is 468 g/mol. The molecule has 5 atom stereocenters. The van der Waals surface area contributed by atoms with Gasteiger partial charge in [0.2, 0.25) is 0 Å². The molecule has 0 fully saturated rings. The van der Waals surface area contributed by atoms with Crippen LogP contribution in [0.25, 0.3) is 0 Å². The Morgan fingerprint density at radius 1 is 0.895 bits per heavy atom. The normalized spacial score (nSPS) is 27.7. The van der Waals surface area contributed by atoms with Crippen LogP contribution in [0, 0.1) is 28.6 Å². The monoisotopic (exact) mass is 512 g/mol. The highest BCUT2D eigenvalue weighted by atomic mass is 16.1. The predicted octanol–water partition coefficient (Wildman–Crippen LogP) is 6.83. The first-order chi connectivity index (χ1) is 17.8. The second-order valence-corrected chi connectivity index (χ2v) is 13.7. The quantitative estimate of drug-likeness (QED) is 0.490. The molecule has 1 aliphatic carbocycles. The smallest absolute Gasteiger partial charge is 0.164 e. The summed E-state index contributed by atoms with van der Waals surface area (Å²) in [5.74, 6) is 0.651. The van der Waals surface area contributed by atoms with Crippen LogP contribution in [0.3, 0.4) is 0 Å². The van der Waals surface area contributed by atoms with Crippen molar-refractivity contribution in [2.45, 2.75) is 67.1 Å². The topological polar surface area (TPSA) is 47.9 Å². The van der Waals surface area contributed by atoms with Gasteiger partial charge in [0.1, 0.15) is 6.17 Å². The summed E-state index contributed by atoms with van der Waals surface area (Å²) in [4.78, 5) is 16.6. The summed E-state index contributed by atoms with van der Waals surface area (Å²) in [7, 11) is 4.12. The molecule has 0 radical (unpaired) electrons. The summed E-state index contributed by atoms with van der Waals surface area (Å²) in [6, 6.07) is 18.9. The van der Waals surface area contributed by atoms with Crippen LogP contribution in [-0.4, -0.2) is 31.8 Å². The van der Waals surface area contributed by atoms with E-state index in [2.05, 4.69) is 126 Å². The summed E-state index contributed by atoms with van der Waals surface area (Å²) in [6.07, 6.45) is 0.845. The molecule has 0 bridgehead atoms. The number of nitrogens with zero attached hydrogens (tertiary/aromatic N) is 3. The lowest BCUT2D eigenvalue weighted by atomic mass is 9.56. The molecule has 2 aromatic rings. The van der Waals surface area contributed by atoms with E-state index < -0.39 is 0 Å². The van der Waals surface area contributed by atoms with E-state index in [9.17, 15) is 4.79 Å². The molecule has 3 aliphatic rings. The lowest BCUT2D eigenvalue weighted by molar-refractivity contribution is -0.125. The van der Waals surface area contributed by atoms with Crippen molar-refractivity contribution in [2.24, 2.45) is 33.7 Å². The second kappa shape index (κ2) is 9.37. The Bertz CT molecular complexity index is 1260. The average Bonchev–Trinajstić information content (AvgIpc) is 3.19. The molecule has 2 aliphatic heterocycles. The molecule has 2 heterocycles.